The van der Waals surface area contributed by atoms with E-state index in [4.69, 9.17) is 0 Å². The van der Waals surface area contributed by atoms with Crippen LogP contribution in [0.1, 0.15) is 43.0 Å². The number of anilines is 1. The first-order valence-electron chi connectivity index (χ1n) is 8.33. The van der Waals surface area contributed by atoms with E-state index in [9.17, 15) is 13.6 Å². The Kier molecular flexibility index (Phi) is 6.66. The molecule has 1 fully saturated rings. The Balaban J connectivity index is 0.00000243. The second-order valence-corrected chi connectivity index (χ2v) is 6.29. The minimum Gasteiger partial charge on any atom is -0.317 e. The first-order chi connectivity index (χ1) is 12.0. The molecule has 1 atom stereocenters. The lowest BCUT2D eigenvalue weighted by molar-refractivity contribution is -0.117. The Labute approximate surface area is 156 Å². The number of hydrogen-bond acceptors (Lipinski definition) is 4. The zero-order chi connectivity index (χ0) is 18.0. The van der Waals surface area contributed by atoms with E-state index in [1.54, 1.807) is 7.05 Å². The average molecular weight is 386 g/mol. The van der Waals surface area contributed by atoms with Crippen LogP contribution in [-0.4, -0.2) is 33.8 Å². The van der Waals surface area contributed by atoms with Gasteiger partial charge in [0.25, 0.3) is 0 Å². The number of amides is 1. The number of nitrogens with one attached hydrogen (secondary N) is 2. The fourth-order valence-corrected chi connectivity index (χ4v) is 3.04. The van der Waals surface area contributed by atoms with Crippen molar-refractivity contribution in [2.24, 2.45) is 7.05 Å². The summed E-state index contributed by atoms with van der Waals surface area (Å²) >= 11 is 0. The number of carbonyl (C=O) groups is 1. The number of hydrogen-bond donors (Lipinski definition) is 2. The van der Waals surface area contributed by atoms with Crippen LogP contribution in [0.5, 0.6) is 0 Å². The van der Waals surface area contributed by atoms with Crippen molar-refractivity contribution < 1.29 is 13.6 Å². The number of aryl methyl sites for hydroxylation is 1. The number of rotatable bonds is 4. The van der Waals surface area contributed by atoms with E-state index in [1.165, 1.54) is 17.7 Å². The van der Waals surface area contributed by atoms with Crippen molar-refractivity contribution in [3.8, 4) is 0 Å². The monoisotopic (exact) mass is 385 g/mol. The van der Waals surface area contributed by atoms with Crippen molar-refractivity contribution in [3.05, 3.63) is 41.2 Å². The first-order valence-corrected chi connectivity index (χ1v) is 8.33. The molecule has 0 bridgehead atoms. The summed E-state index contributed by atoms with van der Waals surface area (Å²) in [7, 11) is 1.68. The average Bonchev–Trinajstić information content (AvgIpc) is 2.96. The van der Waals surface area contributed by atoms with Gasteiger partial charge in [-0.15, -0.1) is 12.4 Å². The molecule has 26 heavy (non-hydrogen) atoms. The molecule has 1 aromatic carbocycles. The SMILES string of the molecule is CC(C(=O)Nc1nc(C2CCNCC2)nn1C)c1c(F)cccc1F.Cl. The number of halogens is 3. The molecule has 1 unspecified atom stereocenters. The van der Waals surface area contributed by atoms with E-state index in [-0.39, 0.29) is 29.8 Å². The second kappa shape index (κ2) is 8.55. The number of nitrogens with zero attached hydrogens (tertiary/aromatic N) is 3. The van der Waals surface area contributed by atoms with Gasteiger partial charge in [-0.25, -0.2) is 13.5 Å². The number of benzene rings is 1. The predicted molar refractivity (Wildman–Crippen MR) is 96.5 cm³/mol. The number of piperidine rings is 1. The third-order valence-corrected chi connectivity index (χ3v) is 4.54. The van der Waals surface area contributed by atoms with Crippen LogP contribution in [-0.2, 0) is 11.8 Å². The van der Waals surface area contributed by atoms with Gasteiger partial charge < -0.3 is 5.32 Å². The van der Waals surface area contributed by atoms with E-state index in [0.717, 1.165) is 38.1 Å². The van der Waals surface area contributed by atoms with Crippen molar-refractivity contribution in [3.63, 3.8) is 0 Å². The number of aromatic nitrogens is 3. The van der Waals surface area contributed by atoms with Crippen molar-refractivity contribution in [2.45, 2.75) is 31.6 Å². The molecule has 0 spiro atoms. The van der Waals surface area contributed by atoms with E-state index in [0.29, 0.717) is 5.82 Å². The smallest absolute Gasteiger partial charge is 0.234 e. The van der Waals surface area contributed by atoms with E-state index in [1.807, 2.05) is 0 Å². The summed E-state index contributed by atoms with van der Waals surface area (Å²) in [5.74, 6) is -1.78. The maximum Gasteiger partial charge on any atom is 0.234 e. The van der Waals surface area contributed by atoms with Crippen molar-refractivity contribution in [1.29, 1.82) is 0 Å². The van der Waals surface area contributed by atoms with Gasteiger partial charge in [0.2, 0.25) is 11.9 Å². The molecule has 9 heteroatoms. The van der Waals surface area contributed by atoms with Gasteiger partial charge in [0.15, 0.2) is 5.82 Å². The van der Waals surface area contributed by atoms with Gasteiger partial charge in [0, 0.05) is 18.5 Å². The lowest BCUT2D eigenvalue weighted by Crippen LogP contribution is -2.27. The van der Waals surface area contributed by atoms with Crippen LogP contribution in [0.25, 0.3) is 0 Å². The highest BCUT2D eigenvalue weighted by atomic mass is 35.5. The summed E-state index contributed by atoms with van der Waals surface area (Å²) in [6.45, 7) is 3.28. The molecular formula is C17H22ClF2N5O. The summed E-state index contributed by atoms with van der Waals surface area (Å²) < 4.78 is 29.2. The zero-order valence-electron chi connectivity index (χ0n) is 14.6. The van der Waals surface area contributed by atoms with Crippen molar-refractivity contribution in [1.82, 2.24) is 20.1 Å². The molecule has 1 aliphatic heterocycles. The van der Waals surface area contributed by atoms with Gasteiger partial charge in [-0.3, -0.25) is 10.1 Å². The zero-order valence-corrected chi connectivity index (χ0v) is 15.4. The summed E-state index contributed by atoms with van der Waals surface area (Å²) in [4.78, 5) is 16.8. The van der Waals surface area contributed by atoms with Gasteiger partial charge in [-0.1, -0.05) is 6.07 Å². The van der Waals surface area contributed by atoms with Crippen LogP contribution in [0.15, 0.2) is 18.2 Å². The highest BCUT2D eigenvalue weighted by Gasteiger charge is 2.25. The van der Waals surface area contributed by atoms with Crippen LogP contribution in [0.4, 0.5) is 14.7 Å². The lowest BCUT2D eigenvalue weighted by Gasteiger charge is -2.19. The molecule has 1 amide bonds. The van der Waals surface area contributed by atoms with E-state index in [2.05, 4.69) is 20.7 Å². The Morgan fingerprint density at radius 3 is 2.54 bits per heavy atom. The molecule has 2 aromatic rings. The third-order valence-electron chi connectivity index (χ3n) is 4.54. The summed E-state index contributed by atoms with van der Waals surface area (Å²) in [6.07, 6.45) is 1.88. The van der Waals surface area contributed by atoms with Gasteiger partial charge in [-0.2, -0.15) is 10.1 Å². The Bertz CT molecular complexity index is 756. The normalized spacial score (nSPS) is 16.0. The Morgan fingerprint density at radius 1 is 1.31 bits per heavy atom. The molecule has 0 aliphatic carbocycles. The van der Waals surface area contributed by atoms with E-state index < -0.39 is 23.5 Å². The maximum absolute atomic E-state index is 13.9. The summed E-state index contributed by atoms with van der Waals surface area (Å²) in [6, 6.07) is 3.55. The molecule has 1 aliphatic rings. The largest absolute Gasteiger partial charge is 0.317 e. The molecule has 142 valence electrons. The molecule has 1 aromatic heterocycles. The predicted octanol–water partition coefficient (Wildman–Crippen LogP) is 2.72. The van der Waals surface area contributed by atoms with Crippen LogP contribution in [0.3, 0.4) is 0 Å². The quantitative estimate of drug-likeness (QED) is 0.848. The maximum atomic E-state index is 13.9. The molecule has 0 radical (unpaired) electrons. The van der Waals surface area contributed by atoms with Gasteiger partial charge in [-0.05, 0) is 45.0 Å². The third kappa shape index (κ3) is 4.19. The molecule has 3 rings (SSSR count). The van der Waals surface area contributed by atoms with Crippen molar-refractivity contribution >= 4 is 24.3 Å². The standard InChI is InChI=1S/C17H21F2N5O.ClH/c1-10(14-12(18)4-3-5-13(14)19)16(25)22-17-21-15(23-24(17)2)11-6-8-20-9-7-11;/h3-5,10-11,20H,6-9H2,1-2H3,(H,21,22,23,25);1H. The summed E-state index contributed by atoms with van der Waals surface area (Å²) in [5, 5.41) is 10.3. The van der Waals surface area contributed by atoms with Crippen LogP contribution >= 0.6 is 12.4 Å². The second-order valence-electron chi connectivity index (χ2n) is 6.29. The molecule has 1 saturated heterocycles. The fourth-order valence-electron chi connectivity index (χ4n) is 3.04. The highest BCUT2D eigenvalue weighted by Crippen LogP contribution is 2.25. The van der Waals surface area contributed by atoms with Crippen molar-refractivity contribution in [2.75, 3.05) is 18.4 Å². The van der Waals surface area contributed by atoms with Crippen LogP contribution in [0, 0.1) is 11.6 Å². The van der Waals surface area contributed by atoms with E-state index >= 15 is 0 Å². The van der Waals surface area contributed by atoms with Crippen LogP contribution < -0.4 is 10.6 Å². The highest BCUT2D eigenvalue weighted by molar-refractivity contribution is 5.94. The fraction of sp³-hybridized carbons (Fsp3) is 0.471. The van der Waals surface area contributed by atoms with Gasteiger partial charge in [0.1, 0.15) is 11.6 Å². The summed E-state index contributed by atoms with van der Waals surface area (Å²) in [5.41, 5.74) is -0.249. The molecule has 2 N–H and O–H groups in total. The molecule has 0 saturated carbocycles. The Hall–Kier alpha value is -2.06. The lowest BCUT2D eigenvalue weighted by atomic mass is 9.98. The Morgan fingerprint density at radius 2 is 1.92 bits per heavy atom. The van der Waals surface area contributed by atoms with Crippen LogP contribution in [0.2, 0.25) is 0 Å². The minimum absolute atomic E-state index is 0. The molecule has 2 heterocycles. The molecular weight excluding hydrogens is 364 g/mol. The number of carbonyl (C=O) groups excluding carboxylic acids is 1. The minimum atomic E-state index is -0.986. The van der Waals surface area contributed by atoms with Gasteiger partial charge in [0.05, 0.1) is 5.92 Å². The topological polar surface area (TPSA) is 71.8 Å². The first kappa shape index (κ1) is 20.3. The van der Waals surface area contributed by atoms with Gasteiger partial charge >= 0.3 is 0 Å². The molecule has 6 nitrogen and oxygen atoms in total.